The first kappa shape index (κ1) is 14.2. The van der Waals surface area contributed by atoms with Crippen LogP contribution in [0.1, 0.15) is 6.92 Å². The van der Waals surface area contributed by atoms with Crippen molar-refractivity contribution in [3.05, 3.63) is 54.6 Å². The Morgan fingerprint density at radius 3 is 2.59 bits per heavy atom. The zero-order valence-electron chi connectivity index (χ0n) is 12.8. The summed E-state index contributed by atoms with van der Waals surface area (Å²) < 4.78 is 7.37. The van der Waals surface area contributed by atoms with E-state index in [0.29, 0.717) is 12.2 Å². The van der Waals surface area contributed by atoms with Gasteiger partial charge >= 0.3 is 0 Å². The van der Waals surface area contributed by atoms with Crippen molar-refractivity contribution in [2.75, 3.05) is 12.8 Å². The number of anilines is 1. The molecule has 0 bridgehead atoms. The van der Waals surface area contributed by atoms with Crippen LogP contribution in [0.15, 0.2) is 54.6 Å². The standard InChI is InChI=1S/C18H19N3O/c1-12(2)11-21-16-6-4-5-15(19)17(16)20-18(21)13-7-9-14(22-3)10-8-13/h4-10H,1,11,19H2,2-3H3. The monoisotopic (exact) mass is 293 g/mol. The molecule has 0 amide bonds. The van der Waals surface area contributed by atoms with Crippen molar-refractivity contribution in [1.82, 2.24) is 9.55 Å². The van der Waals surface area contributed by atoms with Gasteiger partial charge in [-0.15, -0.1) is 0 Å². The Hall–Kier alpha value is -2.75. The normalized spacial score (nSPS) is 10.8. The molecule has 0 unspecified atom stereocenters. The van der Waals surface area contributed by atoms with E-state index in [4.69, 9.17) is 15.5 Å². The molecule has 0 spiro atoms. The average Bonchev–Trinajstić information content (AvgIpc) is 2.87. The molecule has 1 aromatic heterocycles. The molecule has 2 aromatic carbocycles. The van der Waals surface area contributed by atoms with Gasteiger partial charge in [0.2, 0.25) is 0 Å². The Bertz CT molecular complexity index is 831. The van der Waals surface area contributed by atoms with E-state index in [0.717, 1.165) is 33.7 Å². The number of allylic oxidation sites excluding steroid dienone is 1. The predicted octanol–water partition coefficient (Wildman–Crippen LogP) is 3.87. The third kappa shape index (κ3) is 2.44. The Balaban J connectivity index is 2.22. The number of rotatable bonds is 4. The highest BCUT2D eigenvalue weighted by Gasteiger charge is 2.14. The minimum absolute atomic E-state index is 0.688. The van der Waals surface area contributed by atoms with Crippen molar-refractivity contribution < 1.29 is 4.74 Å². The fourth-order valence-corrected chi connectivity index (χ4v) is 2.56. The average molecular weight is 293 g/mol. The number of nitrogens with two attached hydrogens (primary N) is 1. The quantitative estimate of drug-likeness (QED) is 0.587. The molecule has 0 radical (unpaired) electrons. The first-order valence-electron chi connectivity index (χ1n) is 7.13. The van der Waals surface area contributed by atoms with Crippen LogP contribution >= 0.6 is 0 Å². The van der Waals surface area contributed by atoms with Crippen molar-refractivity contribution >= 4 is 16.7 Å². The van der Waals surface area contributed by atoms with Gasteiger partial charge in [0.25, 0.3) is 0 Å². The van der Waals surface area contributed by atoms with Crippen molar-refractivity contribution in [2.45, 2.75) is 13.5 Å². The van der Waals surface area contributed by atoms with Crippen LogP contribution < -0.4 is 10.5 Å². The fourth-order valence-electron chi connectivity index (χ4n) is 2.56. The molecule has 0 aliphatic rings. The molecule has 4 heteroatoms. The third-order valence-electron chi connectivity index (χ3n) is 3.59. The second-order valence-corrected chi connectivity index (χ2v) is 5.42. The van der Waals surface area contributed by atoms with Crippen LogP contribution in [-0.4, -0.2) is 16.7 Å². The van der Waals surface area contributed by atoms with Crippen molar-refractivity contribution in [3.8, 4) is 17.1 Å². The number of aromatic nitrogens is 2. The van der Waals surface area contributed by atoms with Gasteiger partial charge in [-0.25, -0.2) is 4.98 Å². The first-order valence-corrected chi connectivity index (χ1v) is 7.13. The lowest BCUT2D eigenvalue weighted by Gasteiger charge is -2.09. The van der Waals surface area contributed by atoms with Gasteiger partial charge in [-0.1, -0.05) is 18.2 Å². The lowest BCUT2D eigenvalue weighted by Crippen LogP contribution is -2.01. The largest absolute Gasteiger partial charge is 0.497 e. The van der Waals surface area contributed by atoms with Gasteiger partial charge in [0.15, 0.2) is 0 Å². The summed E-state index contributed by atoms with van der Waals surface area (Å²) in [6.07, 6.45) is 0. The van der Waals surface area contributed by atoms with E-state index in [9.17, 15) is 0 Å². The summed E-state index contributed by atoms with van der Waals surface area (Å²) >= 11 is 0. The molecule has 0 saturated heterocycles. The van der Waals surface area contributed by atoms with Crippen molar-refractivity contribution in [3.63, 3.8) is 0 Å². The molecule has 0 atom stereocenters. The molecular weight excluding hydrogens is 274 g/mol. The lowest BCUT2D eigenvalue weighted by atomic mass is 10.2. The summed E-state index contributed by atoms with van der Waals surface area (Å²) in [6, 6.07) is 13.7. The molecule has 22 heavy (non-hydrogen) atoms. The summed E-state index contributed by atoms with van der Waals surface area (Å²) in [4.78, 5) is 4.75. The van der Waals surface area contributed by atoms with E-state index in [2.05, 4.69) is 11.1 Å². The lowest BCUT2D eigenvalue weighted by molar-refractivity contribution is 0.415. The number of benzene rings is 2. The minimum atomic E-state index is 0.688. The molecule has 0 aliphatic carbocycles. The van der Waals surface area contributed by atoms with Crippen LogP contribution in [0.3, 0.4) is 0 Å². The highest BCUT2D eigenvalue weighted by Crippen LogP contribution is 2.29. The number of ether oxygens (including phenoxy) is 1. The number of hydrogen-bond acceptors (Lipinski definition) is 3. The van der Waals surface area contributed by atoms with E-state index < -0.39 is 0 Å². The molecule has 4 nitrogen and oxygen atoms in total. The number of hydrogen-bond donors (Lipinski definition) is 1. The summed E-state index contributed by atoms with van der Waals surface area (Å²) in [6.45, 7) is 6.74. The Morgan fingerprint density at radius 1 is 1.23 bits per heavy atom. The van der Waals surface area contributed by atoms with Gasteiger partial charge < -0.3 is 15.0 Å². The number of nitrogens with zero attached hydrogens (tertiary/aromatic N) is 2. The van der Waals surface area contributed by atoms with E-state index in [-0.39, 0.29) is 0 Å². The number of nitrogen functional groups attached to an aromatic ring is 1. The molecule has 3 aromatic rings. The Labute approximate surface area is 129 Å². The zero-order chi connectivity index (χ0) is 15.7. The van der Waals surface area contributed by atoms with E-state index in [1.807, 2.05) is 49.4 Å². The molecule has 2 N–H and O–H groups in total. The Kier molecular flexibility index (Phi) is 3.59. The summed E-state index contributed by atoms with van der Waals surface area (Å²) in [5.41, 5.74) is 10.7. The molecule has 112 valence electrons. The van der Waals surface area contributed by atoms with E-state index >= 15 is 0 Å². The van der Waals surface area contributed by atoms with Crippen LogP contribution in [0.4, 0.5) is 5.69 Å². The summed E-state index contributed by atoms with van der Waals surface area (Å²) in [5, 5.41) is 0. The van der Waals surface area contributed by atoms with Crippen LogP contribution in [0.2, 0.25) is 0 Å². The van der Waals surface area contributed by atoms with Crippen LogP contribution in [0.25, 0.3) is 22.4 Å². The van der Waals surface area contributed by atoms with Crippen molar-refractivity contribution in [1.29, 1.82) is 0 Å². The van der Waals surface area contributed by atoms with Crippen LogP contribution in [0.5, 0.6) is 5.75 Å². The molecule has 0 fully saturated rings. The zero-order valence-corrected chi connectivity index (χ0v) is 12.8. The highest BCUT2D eigenvalue weighted by atomic mass is 16.5. The summed E-state index contributed by atoms with van der Waals surface area (Å²) in [5.74, 6) is 1.71. The summed E-state index contributed by atoms with van der Waals surface area (Å²) in [7, 11) is 1.66. The van der Waals surface area contributed by atoms with Gasteiger partial charge in [0.1, 0.15) is 17.1 Å². The SMILES string of the molecule is C=C(C)Cn1c(-c2ccc(OC)cc2)nc2c(N)cccc21. The number of imidazole rings is 1. The fraction of sp³-hybridized carbons (Fsp3) is 0.167. The Morgan fingerprint density at radius 2 is 1.95 bits per heavy atom. The topological polar surface area (TPSA) is 53.1 Å². The van der Waals surface area contributed by atoms with Gasteiger partial charge in [-0.2, -0.15) is 0 Å². The number of para-hydroxylation sites is 1. The highest BCUT2D eigenvalue weighted by molar-refractivity contribution is 5.90. The van der Waals surface area contributed by atoms with Gasteiger partial charge in [0.05, 0.1) is 18.3 Å². The van der Waals surface area contributed by atoms with Gasteiger partial charge in [0, 0.05) is 12.1 Å². The van der Waals surface area contributed by atoms with Crippen molar-refractivity contribution in [2.24, 2.45) is 0 Å². The van der Waals surface area contributed by atoms with Gasteiger partial charge in [-0.05, 0) is 43.3 Å². The molecular formula is C18H19N3O. The van der Waals surface area contributed by atoms with Crippen LogP contribution in [0, 0.1) is 0 Å². The number of fused-ring (bicyclic) bond motifs is 1. The molecule has 0 saturated carbocycles. The van der Waals surface area contributed by atoms with E-state index in [1.165, 1.54) is 0 Å². The molecule has 3 rings (SSSR count). The molecule has 0 aliphatic heterocycles. The third-order valence-corrected chi connectivity index (χ3v) is 3.59. The van der Waals surface area contributed by atoms with E-state index in [1.54, 1.807) is 7.11 Å². The first-order chi connectivity index (χ1) is 10.6. The maximum atomic E-state index is 6.07. The second-order valence-electron chi connectivity index (χ2n) is 5.42. The molecule has 1 heterocycles. The van der Waals surface area contributed by atoms with Crippen LogP contribution in [-0.2, 0) is 6.54 Å². The smallest absolute Gasteiger partial charge is 0.141 e. The van der Waals surface area contributed by atoms with Gasteiger partial charge in [-0.3, -0.25) is 0 Å². The predicted molar refractivity (Wildman–Crippen MR) is 90.9 cm³/mol. The second kappa shape index (κ2) is 5.56. The maximum Gasteiger partial charge on any atom is 0.141 e. The number of methoxy groups -OCH3 is 1. The maximum absolute atomic E-state index is 6.07. The minimum Gasteiger partial charge on any atom is -0.497 e.